The number of halogens is 1. The van der Waals surface area contributed by atoms with Gasteiger partial charge in [-0.1, -0.05) is 35.1 Å². The molecule has 3 aromatic rings. The Labute approximate surface area is 207 Å². The number of piperazine rings is 1. The Bertz CT molecular complexity index is 1270. The number of aryl methyl sites for hydroxylation is 2. The van der Waals surface area contributed by atoms with Crippen LogP contribution in [-0.2, 0) is 6.42 Å². The van der Waals surface area contributed by atoms with Crippen LogP contribution < -0.4 is 10.2 Å². The number of anilines is 3. The normalized spacial score (nSPS) is 17.2. The summed E-state index contributed by atoms with van der Waals surface area (Å²) in [5, 5.41) is 13.8. The third kappa shape index (κ3) is 5.86. The van der Waals surface area contributed by atoms with E-state index >= 15 is 0 Å². The number of aromatic nitrogens is 3. The molecule has 174 valence electrons. The van der Waals surface area contributed by atoms with Gasteiger partial charge in [-0.05, 0) is 31.0 Å². The van der Waals surface area contributed by atoms with Gasteiger partial charge in [-0.3, -0.25) is 9.69 Å². The summed E-state index contributed by atoms with van der Waals surface area (Å²) in [5.41, 5.74) is 1.76. The number of β-amino-alcohol motifs (C(OH)–C–C–N with tert-alkyl or cyclic N) is 1. The number of hydrogen-bond acceptors (Lipinski definition) is 9. The Hall–Kier alpha value is -2.59. The van der Waals surface area contributed by atoms with Crippen LogP contribution in [0, 0.1) is 13.8 Å². The number of nitrogens with one attached hydrogen (secondary N) is 1. The number of aliphatic hydroxyl groups is 1. The quantitative estimate of drug-likeness (QED) is 0.463. The molecule has 0 bridgehead atoms. The summed E-state index contributed by atoms with van der Waals surface area (Å²) < 4.78 is 30.6. The first-order valence-electron chi connectivity index (χ1n) is 12.4. The Morgan fingerprint density at radius 3 is 2.79 bits per heavy atom. The number of benzene rings is 1. The van der Waals surface area contributed by atoms with Gasteiger partial charge in [-0.15, -0.1) is 0 Å². The van der Waals surface area contributed by atoms with E-state index in [2.05, 4.69) is 20.3 Å². The third-order valence-electron chi connectivity index (χ3n) is 5.34. The maximum atomic E-state index is 12.8. The van der Waals surface area contributed by atoms with Gasteiger partial charge in [0.15, 0.2) is 10.9 Å². The molecule has 1 fully saturated rings. The van der Waals surface area contributed by atoms with Crippen molar-refractivity contribution in [2.75, 3.05) is 49.5 Å². The predicted octanol–water partition coefficient (Wildman–Crippen LogP) is 3.49. The van der Waals surface area contributed by atoms with Gasteiger partial charge in [-0.25, -0.2) is 15.0 Å². The molecule has 3 heterocycles. The van der Waals surface area contributed by atoms with Crippen molar-refractivity contribution in [3.63, 3.8) is 0 Å². The molecule has 1 saturated heterocycles. The standard InChI is InChI=1S/C23H27ClN6O2S/c1-15-4-3-5-18(24)17(15)12-19(32)20-14-25-23(33-20)28-21-13-22(27-16(2)26-21)30-8-6-29(7-9-30)10-11-31/h3-5,13-14,31H,6-12H2,1-2H3,(H,25,26,27,28)/i10D2,11D2. The van der Waals surface area contributed by atoms with E-state index in [9.17, 15) is 9.90 Å². The van der Waals surface area contributed by atoms with E-state index in [0.29, 0.717) is 45.6 Å². The maximum absolute atomic E-state index is 12.8. The summed E-state index contributed by atoms with van der Waals surface area (Å²) >= 11 is 7.50. The minimum atomic E-state index is -2.97. The largest absolute Gasteiger partial charge is 0.395 e. The highest BCUT2D eigenvalue weighted by molar-refractivity contribution is 7.17. The van der Waals surface area contributed by atoms with Gasteiger partial charge in [0.25, 0.3) is 0 Å². The van der Waals surface area contributed by atoms with Gasteiger partial charge >= 0.3 is 0 Å². The summed E-state index contributed by atoms with van der Waals surface area (Å²) in [7, 11) is 0. The second-order valence-electron chi connectivity index (χ2n) is 7.65. The molecule has 0 aliphatic carbocycles. The first-order chi connectivity index (χ1) is 17.3. The lowest BCUT2D eigenvalue weighted by atomic mass is 10.0. The van der Waals surface area contributed by atoms with Crippen molar-refractivity contribution >= 4 is 45.5 Å². The topological polar surface area (TPSA) is 94.5 Å². The number of thiazole rings is 1. The van der Waals surface area contributed by atoms with Gasteiger partial charge < -0.3 is 15.3 Å². The zero-order valence-corrected chi connectivity index (χ0v) is 19.9. The van der Waals surface area contributed by atoms with E-state index in [4.69, 9.17) is 17.1 Å². The number of carbonyl (C=O) groups is 1. The highest BCUT2D eigenvalue weighted by Crippen LogP contribution is 2.27. The van der Waals surface area contributed by atoms with Crippen molar-refractivity contribution in [2.24, 2.45) is 0 Å². The summed E-state index contributed by atoms with van der Waals surface area (Å²) in [4.78, 5) is 29.8. The van der Waals surface area contributed by atoms with Gasteiger partial charge in [0.05, 0.1) is 20.4 Å². The van der Waals surface area contributed by atoms with Gasteiger partial charge in [-0.2, -0.15) is 0 Å². The summed E-state index contributed by atoms with van der Waals surface area (Å²) in [6, 6.07) is 7.29. The zero-order valence-electron chi connectivity index (χ0n) is 22.3. The molecule has 2 N–H and O–H groups in total. The molecule has 0 radical (unpaired) electrons. The van der Waals surface area contributed by atoms with E-state index in [-0.39, 0.29) is 25.3 Å². The Morgan fingerprint density at radius 1 is 1.27 bits per heavy atom. The minimum Gasteiger partial charge on any atom is -0.395 e. The summed E-state index contributed by atoms with van der Waals surface area (Å²) in [6.07, 6.45) is 1.72. The van der Waals surface area contributed by atoms with Gasteiger partial charge in [0.2, 0.25) is 0 Å². The van der Waals surface area contributed by atoms with Crippen molar-refractivity contribution in [3.8, 4) is 0 Å². The van der Waals surface area contributed by atoms with E-state index in [0.717, 1.165) is 11.1 Å². The Balaban J connectivity index is 1.43. The summed E-state index contributed by atoms with van der Waals surface area (Å²) in [5.74, 6) is 1.57. The lowest BCUT2D eigenvalue weighted by Gasteiger charge is -2.35. The average molecular weight is 491 g/mol. The molecule has 10 heteroatoms. The number of hydrogen-bond donors (Lipinski definition) is 2. The highest BCUT2D eigenvalue weighted by atomic mass is 35.5. The van der Waals surface area contributed by atoms with Crippen molar-refractivity contribution in [2.45, 2.75) is 20.3 Å². The highest BCUT2D eigenvalue weighted by Gasteiger charge is 2.19. The van der Waals surface area contributed by atoms with Crippen LogP contribution in [0.3, 0.4) is 0 Å². The molecule has 0 spiro atoms. The van der Waals surface area contributed by atoms with Crippen LogP contribution in [0.25, 0.3) is 0 Å². The van der Waals surface area contributed by atoms with Crippen molar-refractivity contribution in [3.05, 3.63) is 57.3 Å². The molecule has 4 rings (SSSR count). The molecule has 1 aliphatic heterocycles. The maximum Gasteiger partial charge on any atom is 0.188 e. The van der Waals surface area contributed by atoms with Crippen LogP contribution in [0.4, 0.5) is 16.8 Å². The van der Waals surface area contributed by atoms with Crippen LogP contribution in [0.15, 0.2) is 30.5 Å². The molecule has 8 nitrogen and oxygen atoms in total. The molecule has 33 heavy (non-hydrogen) atoms. The molecule has 1 aliphatic rings. The fourth-order valence-electron chi connectivity index (χ4n) is 3.60. The monoisotopic (exact) mass is 490 g/mol. The SMILES string of the molecule is [2H]C([2H])(O)C([2H])([2H])N1CCN(c2cc(Nc3ncc(C(=O)Cc4c(C)cccc4Cl)s3)nc(C)n2)CC1. The lowest BCUT2D eigenvalue weighted by molar-refractivity contribution is 0.0996. The Kier molecular flexibility index (Phi) is 6.01. The van der Waals surface area contributed by atoms with Crippen molar-refractivity contribution in [1.29, 1.82) is 0 Å². The molecular formula is C23H27ClN6O2S. The van der Waals surface area contributed by atoms with E-state index in [1.165, 1.54) is 22.4 Å². The van der Waals surface area contributed by atoms with Crippen LogP contribution in [-0.4, -0.2) is 70.0 Å². The van der Waals surface area contributed by atoms with Crippen LogP contribution in [0.1, 0.15) is 32.1 Å². The Morgan fingerprint density at radius 2 is 2.06 bits per heavy atom. The molecule has 2 aromatic heterocycles. The van der Waals surface area contributed by atoms with E-state index < -0.39 is 13.1 Å². The average Bonchev–Trinajstić information content (AvgIpc) is 3.29. The molecule has 1 aromatic carbocycles. The van der Waals surface area contributed by atoms with Gasteiger partial charge in [0, 0.05) is 52.9 Å². The molecule has 0 saturated carbocycles. The first kappa shape index (κ1) is 18.8. The van der Waals surface area contributed by atoms with Crippen molar-refractivity contribution < 1.29 is 15.4 Å². The minimum absolute atomic E-state index is 0.0775. The molecular weight excluding hydrogens is 460 g/mol. The molecule has 0 unspecified atom stereocenters. The molecule has 0 atom stereocenters. The van der Waals surface area contributed by atoms with Gasteiger partial charge in [0.1, 0.15) is 17.5 Å². The third-order valence-corrected chi connectivity index (χ3v) is 6.65. The van der Waals surface area contributed by atoms with Crippen LogP contribution >= 0.6 is 22.9 Å². The first-order valence-corrected chi connectivity index (χ1v) is 11.6. The second kappa shape index (κ2) is 10.6. The van der Waals surface area contributed by atoms with Crippen LogP contribution in [0.2, 0.25) is 5.02 Å². The smallest absolute Gasteiger partial charge is 0.188 e. The predicted molar refractivity (Wildman–Crippen MR) is 132 cm³/mol. The number of nitrogens with zero attached hydrogens (tertiary/aromatic N) is 5. The number of Topliss-reactive ketones (excluding diaryl/α,β-unsaturated/α-hetero) is 1. The number of ketones is 1. The molecule has 0 amide bonds. The zero-order chi connectivity index (χ0) is 27.0. The van der Waals surface area contributed by atoms with E-state index in [1.54, 1.807) is 19.1 Å². The summed E-state index contributed by atoms with van der Waals surface area (Å²) in [6.45, 7) is -0.596. The van der Waals surface area contributed by atoms with E-state index in [1.807, 2.05) is 24.0 Å². The van der Waals surface area contributed by atoms with Crippen LogP contribution in [0.5, 0.6) is 0 Å². The number of rotatable bonds is 8. The number of carbonyl (C=O) groups excluding carboxylic acids is 1. The second-order valence-corrected chi connectivity index (χ2v) is 9.08. The fourth-order valence-corrected chi connectivity index (χ4v) is 4.65. The van der Waals surface area contributed by atoms with Crippen molar-refractivity contribution in [1.82, 2.24) is 19.9 Å². The lowest BCUT2D eigenvalue weighted by Crippen LogP contribution is -2.47. The fraction of sp³-hybridized carbons (Fsp3) is 0.391.